The highest BCUT2D eigenvalue weighted by Gasteiger charge is 2.21. The summed E-state index contributed by atoms with van der Waals surface area (Å²) in [5.74, 6) is 0.218. The van der Waals surface area contributed by atoms with E-state index >= 15 is 0 Å². The number of piperazine rings is 1. The number of hydrogen-bond acceptors (Lipinski definition) is 4. The Morgan fingerprint density at radius 2 is 1.95 bits per heavy atom. The predicted molar refractivity (Wildman–Crippen MR) is 85.8 cm³/mol. The smallest absolute Gasteiger partial charge is 0.236 e. The highest BCUT2D eigenvalue weighted by molar-refractivity contribution is 6.33. The fourth-order valence-electron chi connectivity index (χ4n) is 2.64. The molecule has 1 aromatic rings. The lowest BCUT2D eigenvalue weighted by molar-refractivity contribution is -0.132. The van der Waals surface area contributed by atoms with E-state index in [1.807, 2.05) is 24.8 Å². The molecule has 0 unspecified atom stereocenters. The van der Waals surface area contributed by atoms with Crippen LogP contribution in [0.2, 0.25) is 5.02 Å². The molecule has 0 aromatic carbocycles. The second-order valence-electron chi connectivity index (χ2n) is 5.16. The van der Waals surface area contributed by atoms with Crippen molar-refractivity contribution in [3.63, 3.8) is 0 Å². The second kappa shape index (κ2) is 7.61. The van der Waals surface area contributed by atoms with Crippen LogP contribution >= 0.6 is 11.6 Å². The fraction of sp³-hybridized carbons (Fsp3) is 0.600. The van der Waals surface area contributed by atoms with Crippen molar-refractivity contribution in [2.45, 2.75) is 13.8 Å². The molecule has 1 aliphatic rings. The summed E-state index contributed by atoms with van der Waals surface area (Å²) in [4.78, 5) is 22.5. The Balaban J connectivity index is 1.86. The maximum atomic E-state index is 12.1. The largest absolute Gasteiger partial charge is 0.368 e. The molecule has 0 atom stereocenters. The first kappa shape index (κ1) is 16.0. The van der Waals surface area contributed by atoms with Crippen molar-refractivity contribution in [3.05, 3.63) is 23.5 Å². The van der Waals surface area contributed by atoms with Gasteiger partial charge in [0, 0.05) is 51.7 Å². The van der Waals surface area contributed by atoms with E-state index in [9.17, 15) is 4.79 Å². The standard InChI is InChI=1S/C15H23ClN4O/c1-3-19(4-2)15(21)12-18-7-9-20(10-8-18)14-5-6-17-11-13(14)16/h5-6,11H,3-4,7-10,12H2,1-2H3. The van der Waals surface area contributed by atoms with E-state index in [2.05, 4.69) is 14.8 Å². The summed E-state index contributed by atoms with van der Waals surface area (Å²) in [6.45, 7) is 9.64. The summed E-state index contributed by atoms with van der Waals surface area (Å²) in [6, 6.07) is 1.94. The topological polar surface area (TPSA) is 39.7 Å². The molecular weight excluding hydrogens is 288 g/mol. The van der Waals surface area contributed by atoms with Crippen molar-refractivity contribution in [1.82, 2.24) is 14.8 Å². The number of halogens is 1. The van der Waals surface area contributed by atoms with Crippen LogP contribution in [0.4, 0.5) is 5.69 Å². The molecular formula is C15H23ClN4O. The quantitative estimate of drug-likeness (QED) is 0.830. The number of pyridine rings is 1. The van der Waals surface area contributed by atoms with Gasteiger partial charge >= 0.3 is 0 Å². The van der Waals surface area contributed by atoms with Crippen molar-refractivity contribution in [3.8, 4) is 0 Å². The van der Waals surface area contributed by atoms with E-state index in [0.29, 0.717) is 11.6 Å². The van der Waals surface area contributed by atoms with Gasteiger partial charge in [-0.05, 0) is 19.9 Å². The number of likely N-dealkylation sites (N-methyl/N-ethyl adjacent to an activating group) is 1. The minimum absolute atomic E-state index is 0.218. The number of rotatable bonds is 5. The molecule has 5 nitrogen and oxygen atoms in total. The number of aromatic nitrogens is 1. The van der Waals surface area contributed by atoms with Gasteiger partial charge in [0.05, 0.1) is 17.3 Å². The Morgan fingerprint density at radius 1 is 1.29 bits per heavy atom. The lowest BCUT2D eigenvalue weighted by Crippen LogP contribution is -2.50. The SMILES string of the molecule is CCN(CC)C(=O)CN1CCN(c2ccncc2Cl)CC1. The van der Waals surface area contributed by atoms with Crippen LogP contribution in [0.5, 0.6) is 0 Å². The van der Waals surface area contributed by atoms with E-state index in [1.165, 1.54) is 0 Å². The summed E-state index contributed by atoms with van der Waals surface area (Å²) < 4.78 is 0. The Morgan fingerprint density at radius 3 is 2.52 bits per heavy atom. The van der Waals surface area contributed by atoms with Crippen LogP contribution in [0.15, 0.2) is 18.5 Å². The van der Waals surface area contributed by atoms with E-state index in [4.69, 9.17) is 11.6 Å². The van der Waals surface area contributed by atoms with Crippen molar-refractivity contribution >= 4 is 23.2 Å². The molecule has 0 saturated carbocycles. The molecule has 0 aliphatic carbocycles. The molecule has 2 heterocycles. The van der Waals surface area contributed by atoms with Crippen LogP contribution < -0.4 is 4.90 Å². The highest BCUT2D eigenvalue weighted by atomic mass is 35.5. The summed E-state index contributed by atoms with van der Waals surface area (Å²) >= 11 is 6.18. The molecule has 1 amide bonds. The summed E-state index contributed by atoms with van der Waals surface area (Å²) in [7, 11) is 0. The Labute approximate surface area is 131 Å². The average molecular weight is 311 g/mol. The minimum atomic E-state index is 0.218. The third kappa shape index (κ3) is 4.08. The van der Waals surface area contributed by atoms with Crippen LogP contribution in [0.25, 0.3) is 0 Å². The third-order valence-electron chi connectivity index (χ3n) is 3.94. The van der Waals surface area contributed by atoms with Gasteiger partial charge in [0.25, 0.3) is 0 Å². The first-order valence-corrected chi connectivity index (χ1v) is 7.88. The summed E-state index contributed by atoms with van der Waals surface area (Å²) in [5, 5.41) is 0.685. The van der Waals surface area contributed by atoms with Gasteiger partial charge in [0.15, 0.2) is 0 Å². The van der Waals surface area contributed by atoms with Crippen LogP contribution in [0.3, 0.4) is 0 Å². The first-order valence-electron chi connectivity index (χ1n) is 7.50. The van der Waals surface area contributed by atoms with Gasteiger partial charge in [-0.1, -0.05) is 11.6 Å². The Bertz CT molecular complexity index is 470. The molecule has 0 spiro atoms. The molecule has 1 fully saturated rings. The van der Waals surface area contributed by atoms with Gasteiger partial charge in [-0.2, -0.15) is 0 Å². The van der Waals surface area contributed by atoms with E-state index in [-0.39, 0.29) is 5.91 Å². The van der Waals surface area contributed by atoms with Crippen LogP contribution in [0.1, 0.15) is 13.8 Å². The molecule has 0 N–H and O–H groups in total. The van der Waals surface area contributed by atoms with Crippen molar-refractivity contribution in [2.24, 2.45) is 0 Å². The lowest BCUT2D eigenvalue weighted by atomic mass is 10.2. The predicted octanol–water partition coefficient (Wildman–Crippen LogP) is 1.73. The number of hydrogen-bond donors (Lipinski definition) is 0. The maximum Gasteiger partial charge on any atom is 0.236 e. The number of anilines is 1. The molecule has 6 heteroatoms. The maximum absolute atomic E-state index is 12.1. The Hall–Kier alpha value is -1.33. The van der Waals surface area contributed by atoms with Crippen LogP contribution in [-0.4, -0.2) is 66.5 Å². The molecule has 21 heavy (non-hydrogen) atoms. The molecule has 2 rings (SSSR count). The molecule has 0 bridgehead atoms. The van der Waals surface area contributed by atoms with Gasteiger partial charge in [0.2, 0.25) is 5.91 Å². The highest BCUT2D eigenvalue weighted by Crippen LogP contribution is 2.24. The third-order valence-corrected chi connectivity index (χ3v) is 4.23. The van der Waals surface area contributed by atoms with Crippen molar-refractivity contribution < 1.29 is 4.79 Å². The van der Waals surface area contributed by atoms with E-state index in [0.717, 1.165) is 45.0 Å². The zero-order valence-electron chi connectivity index (χ0n) is 12.8. The molecule has 0 radical (unpaired) electrons. The number of carbonyl (C=O) groups is 1. The van der Waals surface area contributed by atoms with Crippen LogP contribution in [-0.2, 0) is 4.79 Å². The average Bonchev–Trinajstić information content (AvgIpc) is 2.50. The zero-order chi connectivity index (χ0) is 15.2. The summed E-state index contributed by atoms with van der Waals surface area (Å²) in [5.41, 5.74) is 1.03. The van der Waals surface area contributed by atoms with Crippen LogP contribution in [0, 0.1) is 0 Å². The second-order valence-corrected chi connectivity index (χ2v) is 5.56. The summed E-state index contributed by atoms with van der Waals surface area (Å²) in [6.07, 6.45) is 3.44. The van der Waals surface area contributed by atoms with E-state index < -0.39 is 0 Å². The molecule has 1 saturated heterocycles. The van der Waals surface area contributed by atoms with Crippen molar-refractivity contribution in [1.29, 1.82) is 0 Å². The van der Waals surface area contributed by atoms with Gasteiger partial charge in [-0.15, -0.1) is 0 Å². The van der Waals surface area contributed by atoms with E-state index in [1.54, 1.807) is 12.4 Å². The number of amides is 1. The first-order chi connectivity index (χ1) is 10.2. The zero-order valence-corrected chi connectivity index (χ0v) is 13.5. The van der Waals surface area contributed by atoms with Gasteiger partial charge < -0.3 is 9.80 Å². The minimum Gasteiger partial charge on any atom is -0.368 e. The Kier molecular flexibility index (Phi) is 5.82. The molecule has 116 valence electrons. The van der Waals surface area contributed by atoms with Gasteiger partial charge in [0.1, 0.15) is 0 Å². The molecule has 1 aliphatic heterocycles. The molecule has 1 aromatic heterocycles. The number of nitrogens with zero attached hydrogens (tertiary/aromatic N) is 4. The lowest BCUT2D eigenvalue weighted by Gasteiger charge is -2.36. The monoisotopic (exact) mass is 310 g/mol. The number of carbonyl (C=O) groups excluding carboxylic acids is 1. The fourth-order valence-corrected chi connectivity index (χ4v) is 2.88. The van der Waals surface area contributed by atoms with Crippen molar-refractivity contribution in [2.75, 3.05) is 50.7 Å². The van der Waals surface area contributed by atoms with Gasteiger partial charge in [-0.25, -0.2) is 0 Å². The van der Waals surface area contributed by atoms with Gasteiger partial charge in [-0.3, -0.25) is 14.7 Å². The normalized spacial score (nSPS) is 16.0.